The third kappa shape index (κ3) is 2.21. The normalized spacial score (nSPS) is 16.8. The summed E-state index contributed by atoms with van der Waals surface area (Å²) in [5, 5.41) is 9.19. The molecule has 1 aromatic heterocycles. The number of ether oxygens (including phenoxy) is 2. The van der Waals surface area contributed by atoms with Gasteiger partial charge in [-0.3, -0.25) is 0 Å². The Labute approximate surface area is 127 Å². The fraction of sp³-hybridized carbons (Fsp3) is 0.231. The van der Waals surface area contributed by atoms with Crippen LogP contribution in [0.25, 0.3) is 11.3 Å². The van der Waals surface area contributed by atoms with E-state index in [0.29, 0.717) is 18.1 Å². The van der Waals surface area contributed by atoms with Crippen molar-refractivity contribution in [3.63, 3.8) is 0 Å². The second-order valence-corrected chi connectivity index (χ2v) is 6.16. The summed E-state index contributed by atoms with van der Waals surface area (Å²) < 4.78 is 12.0. The fourth-order valence-corrected chi connectivity index (χ4v) is 3.41. The second kappa shape index (κ2) is 5.16. The van der Waals surface area contributed by atoms with Gasteiger partial charge in [0.2, 0.25) is 5.01 Å². The average Bonchev–Trinajstić information content (AvgIpc) is 2.80. The molecular weight excluding hydrogens is 346 g/mol. The number of hydrogen-bond acceptors (Lipinski definition) is 5. The van der Waals surface area contributed by atoms with Gasteiger partial charge in [-0.1, -0.05) is 15.9 Å². The van der Waals surface area contributed by atoms with E-state index in [2.05, 4.69) is 20.9 Å². The molecule has 2 aromatic rings. The van der Waals surface area contributed by atoms with E-state index in [-0.39, 0.29) is 11.1 Å². The number of halogens is 1. The van der Waals surface area contributed by atoms with Gasteiger partial charge in [0, 0.05) is 17.1 Å². The number of rotatable bonds is 2. The Hall–Kier alpha value is -1.44. The van der Waals surface area contributed by atoms with Crippen LogP contribution in [-0.4, -0.2) is 29.8 Å². The number of fused-ring (bicyclic) bond motifs is 3. The molecule has 0 saturated heterocycles. The molecule has 1 aliphatic heterocycles. The van der Waals surface area contributed by atoms with Crippen LogP contribution in [0, 0.1) is 0 Å². The molecule has 1 N–H and O–H groups in total. The van der Waals surface area contributed by atoms with E-state index in [1.165, 1.54) is 0 Å². The predicted molar refractivity (Wildman–Crippen MR) is 77.5 cm³/mol. The first-order chi connectivity index (χ1) is 9.60. The predicted octanol–water partition coefficient (Wildman–Crippen LogP) is 3.35. The Morgan fingerprint density at radius 3 is 3.10 bits per heavy atom. The standard InChI is InChI=1S/C13H10BrNO4S/c1-18-9-5-19-8-3-2-6(14)4-7(8)10-11(9)20-12(15-10)13(16)17/h2-4,9H,5H2,1H3,(H,16,17). The molecule has 5 nitrogen and oxygen atoms in total. The molecule has 0 aliphatic carbocycles. The summed E-state index contributed by atoms with van der Waals surface area (Å²) in [7, 11) is 1.57. The lowest BCUT2D eigenvalue weighted by Crippen LogP contribution is -2.09. The lowest BCUT2D eigenvalue weighted by molar-refractivity contribution is 0.0623. The van der Waals surface area contributed by atoms with Gasteiger partial charge in [0.1, 0.15) is 18.5 Å². The highest BCUT2D eigenvalue weighted by Gasteiger charge is 2.29. The maximum Gasteiger partial charge on any atom is 0.365 e. The van der Waals surface area contributed by atoms with E-state index in [4.69, 9.17) is 14.6 Å². The zero-order valence-corrected chi connectivity index (χ0v) is 12.8. The zero-order chi connectivity index (χ0) is 14.3. The molecule has 0 bridgehead atoms. The number of thiazole rings is 1. The van der Waals surface area contributed by atoms with Crippen molar-refractivity contribution in [2.45, 2.75) is 6.10 Å². The Balaban J connectivity index is 2.24. The van der Waals surface area contributed by atoms with Gasteiger partial charge >= 0.3 is 5.97 Å². The third-order valence-electron chi connectivity index (χ3n) is 3.00. The summed E-state index contributed by atoms with van der Waals surface area (Å²) in [5.74, 6) is -0.355. The van der Waals surface area contributed by atoms with Gasteiger partial charge in [0.25, 0.3) is 0 Å². The number of benzene rings is 1. The second-order valence-electron chi connectivity index (χ2n) is 4.21. The molecule has 2 heterocycles. The molecule has 0 saturated carbocycles. The van der Waals surface area contributed by atoms with Crippen LogP contribution in [-0.2, 0) is 4.74 Å². The molecular formula is C13H10BrNO4S. The van der Waals surface area contributed by atoms with E-state index in [0.717, 1.165) is 26.3 Å². The van der Waals surface area contributed by atoms with Crippen LogP contribution in [0.5, 0.6) is 5.75 Å². The van der Waals surface area contributed by atoms with Crippen LogP contribution < -0.4 is 4.74 Å². The first-order valence-electron chi connectivity index (χ1n) is 5.79. The smallest absolute Gasteiger partial charge is 0.365 e. The minimum absolute atomic E-state index is 0.0601. The van der Waals surface area contributed by atoms with Crippen molar-refractivity contribution in [1.82, 2.24) is 4.98 Å². The van der Waals surface area contributed by atoms with E-state index >= 15 is 0 Å². The Bertz CT molecular complexity index is 685. The van der Waals surface area contributed by atoms with E-state index in [1.54, 1.807) is 7.11 Å². The lowest BCUT2D eigenvalue weighted by atomic mass is 10.1. The Morgan fingerprint density at radius 2 is 2.40 bits per heavy atom. The topological polar surface area (TPSA) is 68.7 Å². The van der Waals surface area contributed by atoms with Crippen molar-refractivity contribution in [3.8, 4) is 17.0 Å². The quantitative estimate of drug-likeness (QED) is 0.894. The number of aromatic carboxylic acids is 1. The SMILES string of the molecule is COC1COc2ccc(Br)cc2-c2nc(C(=O)O)sc21. The van der Waals surface area contributed by atoms with Crippen molar-refractivity contribution in [2.24, 2.45) is 0 Å². The Kier molecular flexibility index (Phi) is 3.49. The number of carboxylic acids is 1. The summed E-state index contributed by atoms with van der Waals surface area (Å²) in [6, 6.07) is 5.58. The van der Waals surface area contributed by atoms with Gasteiger partial charge in [-0.25, -0.2) is 9.78 Å². The average molecular weight is 356 g/mol. The fourth-order valence-electron chi connectivity index (χ4n) is 2.06. The molecule has 0 radical (unpaired) electrons. The number of aromatic nitrogens is 1. The minimum Gasteiger partial charge on any atom is -0.490 e. The number of carboxylic acid groups (broad SMARTS) is 1. The van der Waals surface area contributed by atoms with Crippen LogP contribution in [0.4, 0.5) is 0 Å². The molecule has 1 atom stereocenters. The summed E-state index contributed by atoms with van der Waals surface area (Å²) in [5.41, 5.74) is 1.39. The van der Waals surface area contributed by atoms with Crippen LogP contribution >= 0.6 is 27.3 Å². The summed E-state index contributed by atoms with van der Waals surface area (Å²) in [6.07, 6.45) is -0.318. The first kappa shape index (κ1) is 13.5. The number of methoxy groups -OCH3 is 1. The summed E-state index contributed by atoms with van der Waals surface area (Å²) in [4.78, 5) is 16.2. The van der Waals surface area contributed by atoms with E-state index in [1.807, 2.05) is 18.2 Å². The van der Waals surface area contributed by atoms with Gasteiger partial charge in [-0.05, 0) is 18.2 Å². The van der Waals surface area contributed by atoms with Crippen LogP contribution in [0.2, 0.25) is 0 Å². The molecule has 0 amide bonds. The summed E-state index contributed by atoms with van der Waals surface area (Å²) >= 11 is 4.54. The Morgan fingerprint density at radius 1 is 1.60 bits per heavy atom. The van der Waals surface area contributed by atoms with E-state index < -0.39 is 5.97 Å². The molecule has 1 aliphatic rings. The number of nitrogens with zero attached hydrogens (tertiary/aromatic N) is 1. The number of carbonyl (C=O) groups is 1. The molecule has 7 heteroatoms. The lowest BCUT2D eigenvalue weighted by Gasteiger charge is -2.11. The van der Waals surface area contributed by atoms with Crippen molar-refractivity contribution in [1.29, 1.82) is 0 Å². The molecule has 104 valence electrons. The van der Waals surface area contributed by atoms with Crippen LogP contribution in [0.3, 0.4) is 0 Å². The maximum absolute atomic E-state index is 11.1. The maximum atomic E-state index is 11.1. The largest absolute Gasteiger partial charge is 0.490 e. The van der Waals surface area contributed by atoms with Gasteiger partial charge in [0.05, 0.1) is 10.6 Å². The zero-order valence-electron chi connectivity index (χ0n) is 10.4. The molecule has 1 aromatic carbocycles. The van der Waals surface area contributed by atoms with Crippen molar-refractivity contribution < 1.29 is 19.4 Å². The molecule has 3 rings (SSSR count). The minimum atomic E-state index is -1.03. The molecule has 0 fully saturated rings. The monoisotopic (exact) mass is 355 g/mol. The first-order valence-corrected chi connectivity index (χ1v) is 7.40. The van der Waals surface area contributed by atoms with Crippen molar-refractivity contribution in [2.75, 3.05) is 13.7 Å². The van der Waals surface area contributed by atoms with Crippen molar-refractivity contribution >= 4 is 33.2 Å². The van der Waals surface area contributed by atoms with Gasteiger partial charge in [0.15, 0.2) is 0 Å². The highest BCUT2D eigenvalue weighted by molar-refractivity contribution is 9.10. The molecule has 0 spiro atoms. The highest BCUT2D eigenvalue weighted by atomic mass is 79.9. The van der Waals surface area contributed by atoms with Crippen molar-refractivity contribution in [3.05, 3.63) is 32.6 Å². The highest BCUT2D eigenvalue weighted by Crippen LogP contribution is 2.42. The third-order valence-corrected chi connectivity index (χ3v) is 4.63. The number of hydrogen-bond donors (Lipinski definition) is 1. The van der Waals surface area contributed by atoms with Crippen LogP contribution in [0.1, 0.15) is 20.8 Å². The van der Waals surface area contributed by atoms with Crippen LogP contribution in [0.15, 0.2) is 22.7 Å². The molecule has 1 unspecified atom stereocenters. The molecule has 20 heavy (non-hydrogen) atoms. The van der Waals surface area contributed by atoms with E-state index in [9.17, 15) is 4.79 Å². The van der Waals surface area contributed by atoms with Gasteiger partial charge < -0.3 is 14.6 Å². The summed E-state index contributed by atoms with van der Waals surface area (Å²) in [6.45, 7) is 0.333. The van der Waals surface area contributed by atoms with Gasteiger partial charge in [-0.2, -0.15) is 0 Å². The van der Waals surface area contributed by atoms with Gasteiger partial charge in [-0.15, -0.1) is 11.3 Å².